The van der Waals surface area contributed by atoms with Crippen molar-refractivity contribution < 1.29 is 8.42 Å². The molecule has 1 aromatic heterocycles. The van der Waals surface area contributed by atoms with E-state index in [1.807, 2.05) is 37.4 Å². The van der Waals surface area contributed by atoms with Crippen molar-refractivity contribution in [3.63, 3.8) is 0 Å². The van der Waals surface area contributed by atoms with Crippen molar-refractivity contribution in [2.75, 3.05) is 11.3 Å². The average molecular weight is 310 g/mol. The van der Waals surface area contributed by atoms with Crippen LogP contribution in [0.3, 0.4) is 0 Å². The van der Waals surface area contributed by atoms with Crippen molar-refractivity contribution >= 4 is 27.0 Å². The number of sulfonamides is 1. The largest absolute Gasteiger partial charge is 0.313 e. The van der Waals surface area contributed by atoms with Gasteiger partial charge in [-0.3, -0.25) is 4.72 Å². The fraction of sp³-hybridized carbons (Fsp3) is 0.286. The number of benzene rings is 1. The van der Waals surface area contributed by atoms with Crippen molar-refractivity contribution in [2.45, 2.75) is 24.6 Å². The zero-order valence-electron chi connectivity index (χ0n) is 11.5. The van der Waals surface area contributed by atoms with E-state index in [-0.39, 0.29) is 0 Å². The van der Waals surface area contributed by atoms with Crippen molar-refractivity contribution in [1.82, 2.24) is 5.32 Å². The monoisotopic (exact) mass is 310 g/mol. The first-order chi connectivity index (χ1) is 9.51. The number of anilines is 1. The summed E-state index contributed by atoms with van der Waals surface area (Å²) < 4.78 is 27.5. The van der Waals surface area contributed by atoms with Gasteiger partial charge in [0, 0.05) is 12.2 Å². The summed E-state index contributed by atoms with van der Waals surface area (Å²) in [6.07, 6.45) is 0. The Kier molecular flexibility index (Phi) is 4.80. The smallest absolute Gasteiger partial charge is 0.271 e. The van der Waals surface area contributed by atoms with Crippen molar-refractivity contribution in [2.24, 2.45) is 0 Å². The van der Waals surface area contributed by atoms with Crippen LogP contribution < -0.4 is 10.0 Å². The maximum atomic E-state index is 12.3. The number of rotatable bonds is 6. The molecule has 0 aliphatic carbocycles. The van der Waals surface area contributed by atoms with Gasteiger partial charge in [0.05, 0.1) is 0 Å². The summed E-state index contributed by atoms with van der Waals surface area (Å²) in [4.78, 5) is 0. The minimum Gasteiger partial charge on any atom is -0.313 e. The van der Waals surface area contributed by atoms with Crippen LogP contribution >= 0.6 is 11.3 Å². The summed E-state index contributed by atoms with van der Waals surface area (Å²) in [5, 5.41) is 5.05. The Balaban J connectivity index is 2.16. The molecule has 1 heterocycles. The number of thiophene rings is 1. The van der Waals surface area contributed by atoms with Crippen LogP contribution in [0.1, 0.15) is 18.1 Å². The lowest BCUT2D eigenvalue weighted by atomic mass is 10.2. The van der Waals surface area contributed by atoms with E-state index < -0.39 is 10.0 Å². The molecule has 0 amide bonds. The van der Waals surface area contributed by atoms with E-state index in [1.54, 1.807) is 12.1 Å². The van der Waals surface area contributed by atoms with E-state index in [9.17, 15) is 8.42 Å². The predicted molar refractivity (Wildman–Crippen MR) is 83.7 cm³/mol. The van der Waals surface area contributed by atoms with E-state index in [0.717, 1.165) is 17.7 Å². The first-order valence-electron chi connectivity index (χ1n) is 6.39. The second-order valence-electron chi connectivity index (χ2n) is 4.53. The molecule has 0 unspecified atom stereocenters. The van der Waals surface area contributed by atoms with E-state index in [1.165, 1.54) is 11.3 Å². The van der Waals surface area contributed by atoms with E-state index in [4.69, 9.17) is 0 Å². The number of nitrogens with one attached hydrogen (secondary N) is 2. The van der Waals surface area contributed by atoms with Crippen LogP contribution in [-0.2, 0) is 16.6 Å². The molecule has 0 saturated carbocycles. The molecule has 2 N–H and O–H groups in total. The summed E-state index contributed by atoms with van der Waals surface area (Å²) in [7, 11) is -3.49. The minimum absolute atomic E-state index is 0.340. The zero-order valence-corrected chi connectivity index (χ0v) is 13.1. The summed E-state index contributed by atoms with van der Waals surface area (Å²) in [6.45, 7) is 5.49. The van der Waals surface area contributed by atoms with Crippen LogP contribution in [0, 0.1) is 6.92 Å². The second-order valence-corrected chi connectivity index (χ2v) is 7.35. The van der Waals surface area contributed by atoms with Gasteiger partial charge >= 0.3 is 0 Å². The van der Waals surface area contributed by atoms with Crippen LogP contribution in [-0.4, -0.2) is 15.0 Å². The van der Waals surface area contributed by atoms with Crippen LogP contribution in [0.2, 0.25) is 0 Å². The highest BCUT2D eigenvalue weighted by atomic mass is 32.2. The van der Waals surface area contributed by atoms with Crippen LogP contribution in [0.4, 0.5) is 5.69 Å². The van der Waals surface area contributed by atoms with Crippen LogP contribution in [0.5, 0.6) is 0 Å². The third-order valence-corrected chi connectivity index (χ3v) is 5.61. The number of hydrogen-bond acceptors (Lipinski definition) is 4. The number of hydrogen-bond donors (Lipinski definition) is 2. The molecule has 2 aromatic rings. The summed E-state index contributed by atoms with van der Waals surface area (Å²) in [6, 6.07) is 9.03. The Bertz CT molecular complexity index is 678. The average Bonchev–Trinajstić information content (AvgIpc) is 2.85. The van der Waals surface area contributed by atoms with Crippen molar-refractivity contribution in [3.05, 3.63) is 46.8 Å². The molecule has 0 spiro atoms. The first kappa shape index (κ1) is 15.0. The van der Waals surface area contributed by atoms with E-state index in [2.05, 4.69) is 10.0 Å². The maximum Gasteiger partial charge on any atom is 0.271 e. The quantitative estimate of drug-likeness (QED) is 0.862. The molecule has 0 bridgehead atoms. The number of aryl methyl sites for hydroxylation is 1. The molecule has 0 saturated heterocycles. The van der Waals surface area contributed by atoms with Gasteiger partial charge in [-0.2, -0.15) is 0 Å². The normalized spacial score (nSPS) is 11.5. The van der Waals surface area contributed by atoms with Crippen molar-refractivity contribution in [3.8, 4) is 0 Å². The fourth-order valence-electron chi connectivity index (χ4n) is 1.77. The maximum absolute atomic E-state index is 12.3. The molecule has 0 radical (unpaired) electrons. The lowest BCUT2D eigenvalue weighted by Crippen LogP contribution is -2.12. The zero-order chi connectivity index (χ0) is 14.6. The van der Waals surface area contributed by atoms with Gasteiger partial charge in [0.2, 0.25) is 0 Å². The third kappa shape index (κ3) is 3.82. The Morgan fingerprint density at radius 2 is 2.05 bits per heavy atom. The van der Waals surface area contributed by atoms with Gasteiger partial charge in [-0.1, -0.05) is 19.1 Å². The van der Waals surface area contributed by atoms with Crippen molar-refractivity contribution in [1.29, 1.82) is 0 Å². The third-order valence-electron chi connectivity index (χ3n) is 2.74. The van der Waals surface area contributed by atoms with Gasteiger partial charge in [0.1, 0.15) is 4.21 Å². The highest BCUT2D eigenvalue weighted by molar-refractivity contribution is 7.94. The van der Waals surface area contributed by atoms with E-state index >= 15 is 0 Å². The standard InChI is InChI=1S/C14H18N2O2S2/c1-3-15-9-12-8-14(19-10-12)20(17,18)16-13-6-4-5-11(2)7-13/h4-8,10,15-16H,3,9H2,1-2H3. The molecule has 1 aromatic carbocycles. The van der Waals surface area contributed by atoms with Crippen LogP contribution in [0.25, 0.3) is 0 Å². The van der Waals surface area contributed by atoms with Gasteiger partial charge in [-0.05, 0) is 48.2 Å². The van der Waals surface area contributed by atoms with E-state index in [0.29, 0.717) is 16.4 Å². The lowest BCUT2D eigenvalue weighted by Gasteiger charge is -2.06. The van der Waals surface area contributed by atoms with Gasteiger partial charge in [0.15, 0.2) is 0 Å². The molecule has 0 aliphatic rings. The first-order valence-corrected chi connectivity index (χ1v) is 8.75. The lowest BCUT2D eigenvalue weighted by molar-refractivity contribution is 0.603. The molecular weight excluding hydrogens is 292 g/mol. The van der Waals surface area contributed by atoms with Gasteiger partial charge in [-0.25, -0.2) is 8.42 Å². The Labute approximate surface area is 123 Å². The molecule has 0 aliphatic heterocycles. The molecule has 0 fully saturated rings. The molecule has 6 heteroatoms. The van der Waals surface area contributed by atoms with Gasteiger partial charge in [0.25, 0.3) is 10.0 Å². The minimum atomic E-state index is -3.49. The molecule has 2 rings (SSSR count). The molecule has 4 nitrogen and oxygen atoms in total. The molecule has 20 heavy (non-hydrogen) atoms. The molecular formula is C14H18N2O2S2. The summed E-state index contributed by atoms with van der Waals surface area (Å²) >= 11 is 1.24. The Morgan fingerprint density at radius 1 is 1.25 bits per heavy atom. The van der Waals surface area contributed by atoms with Gasteiger partial charge < -0.3 is 5.32 Å². The second kappa shape index (κ2) is 6.39. The predicted octanol–water partition coefficient (Wildman–Crippen LogP) is 2.97. The fourth-order valence-corrected chi connectivity index (χ4v) is 4.03. The Morgan fingerprint density at radius 3 is 2.75 bits per heavy atom. The SMILES string of the molecule is CCNCc1csc(S(=O)(=O)Nc2cccc(C)c2)c1. The Hall–Kier alpha value is -1.37. The molecule has 0 atom stereocenters. The highest BCUT2D eigenvalue weighted by Crippen LogP contribution is 2.23. The highest BCUT2D eigenvalue weighted by Gasteiger charge is 2.16. The van der Waals surface area contributed by atoms with Crippen LogP contribution in [0.15, 0.2) is 39.9 Å². The summed E-state index contributed by atoms with van der Waals surface area (Å²) in [5.41, 5.74) is 2.59. The topological polar surface area (TPSA) is 58.2 Å². The van der Waals surface area contributed by atoms with Gasteiger partial charge in [-0.15, -0.1) is 11.3 Å². The summed E-state index contributed by atoms with van der Waals surface area (Å²) in [5.74, 6) is 0. The molecule has 108 valence electrons.